The lowest BCUT2D eigenvalue weighted by Crippen LogP contribution is -2.44. The second-order valence-corrected chi connectivity index (χ2v) is 5.84. The first-order valence-electron chi connectivity index (χ1n) is 7.65. The largest absolute Gasteiger partial charge is 0.380 e. The van der Waals surface area contributed by atoms with Crippen LogP contribution in [0.5, 0.6) is 0 Å². The molecular formula is C15H32N2O. The molecule has 1 saturated heterocycles. The predicted octanol–water partition coefficient (Wildman–Crippen LogP) is 2.51. The highest BCUT2D eigenvalue weighted by Crippen LogP contribution is 2.19. The third-order valence-electron chi connectivity index (χ3n) is 4.13. The van der Waals surface area contributed by atoms with Gasteiger partial charge in [0, 0.05) is 19.7 Å². The van der Waals surface area contributed by atoms with E-state index in [0.717, 1.165) is 19.0 Å². The second kappa shape index (κ2) is 8.89. The number of nitrogens with one attached hydrogen (secondary N) is 1. The molecule has 0 radical (unpaired) electrons. The summed E-state index contributed by atoms with van der Waals surface area (Å²) in [5.41, 5.74) is 0. The van der Waals surface area contributed by atoms with Crippen molar-refractivity contribution in [2.24, 2.45) is 5.92 Å². The van der Waals surface area contributed by atoms with E-state index in [-0.39, 0.29) is 0 Å². The number of ether oxygens (including phenoxy) is 1. The minimum Gasteiger partial charge on any atom is -0.380 e. The highest BCUT2D eigenvalue weighted by Gasteiger charge is 2.25. The summed E-state index contributed by atoms with van der Waals surface area (Å²) in [6.45, 7) is 11.6. The Morgan fingerprint density at radius 3 is 2.89 bits per heavy atom. The summed E-state index contributed by atoms with van der Waals surface area (Å²) in [4.78, 5) is 2.57. The maximum Gasteiger partial charge on any atom is 0.0724 e. The molecule has 1 heterocycles. The van der Waals surface area contributed by atoms with E-state index in [1.54, 1.807) is 0 Å². The van der Waals surface area contributed by atoms with Gasteiger partial charge in [0.2, 0.25) is 0 Å². The Morgan fingerprint density at radius 2 is 2.22 bits per heavy atom. The fourth-order valence-corrected chi connectivity index (χ4v) is 2.72. The van der Waals surface area contributed by atoms with E-state index >= 15 is 0 Å². The first-order valence-corrected chi connectivity index (χ1v) is 7.65. The van der Waals surface area contributed by atoms with Gasteiger partial charge in [-0.05, 0) is 58.2 Å². The van der Waals surface area contributed by atoms with E-state index in [9.17, 15) is 0 Å². The summed E-state index contributed by atoms with van der Waals surface area (Å²) in [5, 5.41) is 3.55. The first-order chi connectivity index (χ1) is 8.67. The smallest absolute Gasteiger partial charge is 0.0724 e. The van der Waals surface area contributed by atoms with E-state index in [4.69, 9.17) is 4.74 Å². The Labute approximate surface area is 113 Å². The highest BCUT2D eigenvalue weighted by atomic mass is 16.5. The van der Waals surface area contributed by atoms with Crippen molar-refractivity contribution in [3.63, 3.8) is 0 Å². The molecule has 3 heteroatoms. The Kier molecular flexibility index (Phi) is 7.87. The summed E-state index contributed by atoms with van der Waals surface area (Å²) < 4.78 is 5.56. The number of nitrogens with zero attached hydrogens (tertiary/aromatic N) is 1. The average molecular weight is 256 g/mol. The van der Waals surface area contributed by atoms with Gasteiger partial charge in [0.25, 0.3) is 0 Å². The minimum atomic E-state index is 0.439. The zero-order chi connectivity index (χ0) is 13.4. The number of rotatable bonds is 8. The summed E-state index contributed by atoms with van der Waals surface area (Å²) in [6.07, 6.45) is 5.52. The maximum atomic E-state index is 5.56. The third kappa shape index (κ3) is 5.68. The normalized spacial score (nSPS) is 27.3. The van der Waals surface area contributed by atoms with Crippen LogP contribution in [0.3, 0.4) is 0 Å². The van der Waals surface area contributed by atoms with Crippen molar-refractivity contribution in [3.8, 4) is 0 Å². The van der Waals surface area contributed by atoms with Crippen molar-refractivity contribution in [1.82, 2.24) is 10.2 Å². The van der Waals surface area contributed by atoms with Gasteiger partial charge in [0.1, 0.15) is 0 Å². The van der Waals surface area contributed by atoms with Gasteiger partial charge in [0.15, 0.2) is 0 Å². The van der Waals surface area contributed by atoms with E-state index in [0.29, 0.717) is 12.1 Å². The van der Waals surface area contributed by atoms with Crippen LogP contribution < -0.4 is 5.32 Å². The lowest BCUT2D eigenvalue weighted by molar-refractivity contribution is -0.00535. The standard InChI is InChI=1S/C15H32N2O/c1-5-9-16-14(3)7-6-10-17-11-8-13(2)15(12-17)18-4/h13-16H,5-12H2,1-4H3. The molecule has 18 heavy (non-hydrogen) atoms. The molecule has 0 aromatic rings. The SMILES string of the molecule is CCCNC(C)CCCN1CCC(C)C(OC)C1. The quantitative estimate of drug-likeness (QED) is 0.722. The molecule has 1 aliphatic heterocycles. The van der Waals surface area contributed by atoms with Crippen molar-refractivity contribution < 1.29 is 4.74 Å². The van der Waals surface area contributed by atoms with Gasteiger partial charge in [-0.2, -0.15) is 0 Å². The zero-order valence-corrected chi connectivity index (χ0v) is 12.7. The molecule has 0 aromatic carbocycles. The summed E-state index contributed by atoms with van der Waals surface area (Å²) in [7, 11) is 1.85. The molecule has 108 valence electrons. The molecule has 0 bridgehead atoms. The van der Waals surface area contributed by atoms with Crippen LogP contribution in [0.25, 0.3) is 0 Å². The molecule has 0 aliphatic carbocycles. The van der Waals surface area contributed by atoms with Gasteiger partial charge in [0.05, 0.1) is 6.10 Å². The Morgan fingerprint density at radius 1 is 1.44 bits per heavy atom. The number of piperidine rings is 1. The van der Waals surface area contributed by atoms with E-state index in [2.05, 4.69) is 31.0 Å². The van der Waals surface area contributed by atoms with Crippen LogP contribution in [0.4, 0.5) is 0 Å². The van der Waals surface area contributed by atoms with Crippen molar-refractivity contribution in [3.05, 3.63) is 0 Å². The number of hydrogen-bond acceptors (Lipinski definition) is 3. The fourth-order valence-electron chi connectivity index (χ4n) is 2.72. The molecule has 1 fully saturated rings. The van der Waals surface area contributed by atoms with Crippen molar-refractivity contribution in [2.75, 3.05) is 33.3 Å². The topological polar surface area (TPSA) is 24.5 Å². The molecule has 3 nitrogen and oxygen atoms in total. The number of methoxy groups -OCH3 is 1. The van der Waals surface area contributed by atoms with Gasteiger partial charge in [-0.15, -0.1) is 0 Å². The van der Waals surface area contributed by atoms with Crippen LogP contribution in [-0.4, -0.2) is 50.3 Å². The van der Waals surface area contributed by atoms with Crippen LogP contribution in [0.2, 0.25) is 0 Å². The van der Waals surface area contributed by atoms with E-state index < -0.39 is 0 Å². The molecule has 1 aliphatic rings. The first kappa shape index (κ1) is 15.9. The average Bonchev–Trinajstić information content (AvgIpc) is 2.38. The van der Waals surface area contributed by atoms with Gasteiger partial charge in [-0.3, -0.25) is 0 Å². The zero-order valence-electron chi connectivity index (χ0n) is 12.7. The summed E-state index contributed by atoms with van der Waals surface area (Å²) in [5.74, 6) is 0.719. The third-order valence-corrected chi connectivity index (χ3v) is 4.13. The number of hydrogen-bond donors (Lipinski definition) is 1. The molecule has 3 unspecified atom stereocenters. The molecule has 0 aromatic heterocycles. The van der Waals surface area contributed by atoms with Crippen LogP contribution in [0.1, 0.15) is 46.5 Å². The molecule has 3 atom stereocenters. The molecule has 0 saturated carbocycles. The highest BCUT2D eigenvalue weighted by molar-refractivity contribution is 4.78. The van der Waals surface area contributed by atoms with Crippen LogP contribution >= 0.6 is 0 Å². The minimum absolute atomic E-state index is 0.439. The lowest BCUT2D eigenvalue weighted by atomic mass is 9.95. The van der Waals surface area contributed by atoms with Gasteiger partial charge >= 0.3 is 0 Å². The molecular weight excluding hydrogens is 224 g/mol. The number of likely N-dealkylation sites (tertiary alicyclic amines) is 1. The Bertz CT molecular complexity index is 211. The summed E-state index contributed by atoms with van der Waals surface area (Å²) in [6, 6.07) is 0.659. The monoisotopic (exact) mass is 256 g/mol. The Balaban J connectivity index is 2.12. The van der Waals surface area contributed by atoms with Crippen LogP contribution in [-0.2, 0) is 4.74 Å². The second-order valence-electron chi connectivity index (χ2n) is 5.84. The molecule has 1 N–H and O–H groups in total. The van der Waals surface area contributed by atoms with Crippen molar-refractivity contribution in [2.45, 2.75) is 58.6 Å². The predicted molar refractivity (Wildman–Crippen MR) is 78.0 cm³/mol. The van der Waals surface area contributed by atoms with Gasteiger partial charge < -0.3 is 15.0 Å². The fraction of sp³-hybridized carbons (Fsp3) is 1.00. The maximum absolute atomic E-state index is 5.56. The summed E-state index contributed by atoms with van der Waals surface area (Å²) >= 11 is 0. The van der Waals surface area contributed by atoms with E-state index in [1.165, 1.54) is 38.8 Å². The molecule has 1 rings (SSSR count). The Hall–Kier alpha value is -0.120. The van der Waals surface area contributed by atoms with Crippen molar-refractivity contribution >= 4 is 0 Å². The van der Waals surface area contributed by atoms with Crippen LogP contribution in [0, 0.1) is 5.92 Å². The molecule has 0 spiro atoms. The van der Waals surface area contributed by atoms with Gasteiger partial charge in [-0.1, -0.05) is 13.8 Å². The van der Waals surface area contributed by atoms with Gasteiger partial charge in [-0.25, -0.2) is 0 Å². The molecule has 0 amide bonds. The lowest BCUT2D eigenvalue weighted by Gasteiger charge is -2.36. The van der Waals surface area contributed by atoms with Crippen molar-refractivity contribution in [1.29, 1.82) is 0 Å². The van der Waals surface area contributed by atoms with E-state index in [1.807, 2.05) is 7.11 Å². The van der Waals surface area contributed by atoms with Crippen LogP contribution in [0.15, 0.2) is 0 Å².